The van der Waals surface area contributed by atoms with Crippen molar-refractivity contribution >= 4 is 18.3 Å². The van der Waals surface area contributed by atoms with Crippen LogP contribution in [0.25, 0.3) is 0 Å². The van der Waals surface area contributed by atoms with Gasteiger partial charge in [0.25, 0.3) is 0 Å². The highest BCUT2D eigenvalue weighted by Gasteiger charge is 2.28. The van der Waals surface area contributed by atoms with Gasteiger partial charge < -0.3 is 28.9 Å². The zero-order valence-corrected chi connectivity index (χ0v) is 28.3. The lowest BCUT2D eigenvalue weighted by Gasteiger charge is -2.34. The predicted molar refractivity (Wildman–Crippen MR) is 169 cm³/mol. The van der Waals surface area contributed by atoms with Crippen LogP contribution in [0.5, 0.6) is 0 Å². The third kappa shape index (κ3) is 14.8. The largest absolute Gasteiger partial charge is 0.444 e. The van der Waals surface area contributed by atoms with E-state index in [4.69, 9.17) is 14.2 Å². The smallest absolute Gasteiger partial charge is 0.410 e. The van der Waals surface area contributed by atoms with E-state index in [1.807, 2.05) is 62.3 Å². The monoisotopic (exact) mass is 604 g/mol. The van der Waals surface area contributed by atoms with Crippen LogP contribution in [-0.4, -0.2) is 107 Å². The van der Waals surface area contributed by atoms with Gasteiger partial charge in [0.15, 0.2) is 0 Å². The molecule has 0 spiro atoms. The molecule has 1 aromatic rings. The van der Waals surface area contributed by atoms with Crippen molar-refractivity contribution in [3.05, 3.63) is 35.4 Å². The summed E-state index contributed by atoms with van der Waals surface area (Å²) in [4.78, 5) is 46.9. The molecule has 1 aliphatic rings. The normalized spacial score (nSPS) is 17.2. The summed E-state index contributed by atoms with van der Waals surface area (Å²) in [6.45, 7) is 23.1. The summed E-state index contributed by atoms with van der Waals surface area (Å²) in [5.41, 5.74) is 0.473. The first-order chi connectivity index (χ1) is 19.8. The number of carbonyl (C=O) groups is 3. The van der Waals surface area contributed by atoms with Crippen LogP contribution in [0, 0.1) is 6.92 Å². The van der Waals surface area contributed by atoms with Gasteiger partial charge in [-0.1, -0.05) is 29.8 Å². The zero-order chi connectivity index (χ0) is 32.4. The standard InChI is InChI=1S/C33H56N4O6/c1-26-13-15-27(16-14-26)25-34-17-11-18-36(29(39)42-32(5,6)7)23-24-37(30(40)43-33(8,9)10)20-12-19-35(22-21-34)28(38)41-31(2,3)4/h13-16H,11-12,17-25H2,1-10H3. The minimum absolute atomic E-state index is 0.285. The molecule has 0 bridgehead atoms. The van der Waals surface area contributed by atoms with E-state index in [1.165, 1.54) is 11.1 Å². The van der Waals surface area contributed by atoms with Crippen LogP contribution in [0.3, 0.4) is 0 Å². The Kier molecular flexibility index (Phi) is 13.2. The molecule has 1 fully saturated rings. The minimum atomic E-state index is -0.662. The molecule has 1 aliphatic heterocycles. The first-order valence-corrected chi connectivity index (χ1v) is 15.5. The molecule has 1 heterocycles. The van der Waals surface area contributed by atoms with Crippen molar-refractivity contribution in [3.8, 4) is 0 Å². The summed E-state index contributed by atoms with van der Waals surface area (Å²) < 4.78 is 17.1. The van der Waals surface area contributed by atoms with Gasteiger partial charge in [-0.05, 0) is 87.6 Å². The van der Waals surface area contributed by atoms with Crippen LogP contribution in [0.4, 0.5) is 14.4 Å². The number of amides is 3. The molecule has 1 saturated heterocycles. The van der Waals surface area contributed by atoms with Gasteiger partial charge in [-0.3, -0.25) is 4.90 Å². The van der Waals surface area contributed by atoms with Gasteiger partial charge in [-0.15, -0.1) is 0 Å². The molecule has 0 atom stereocenters. The van der Waals surface area contributed by atoms with Crippen LogP contribution >= 0.6 is 0 Å². The molecule has 10 nitrogen and oxygen atoms in total. The van der Waals surface area contributed by atoms with Crippen LogP contribution in [0.2, 0.25) is 0 Å². The van der Waals surface area contributed by atoms with E-state index in [0.29, 0.717) is 58.7 Å². The first kappa shape index (κ1) is 36.2. The molecule has 0 aromatic heterocycles. The Morgan fingerprint density at radius 1 is 0.558 bits per heavy atom. The van der Waals surface area contributed by atoms with Gasteiger partial charge in [0.2, 0.25) is 0 Å². The fourth-order valence-corrected chi connectivity index (χ4v) is 4.53. The Labute approximate surface area is 259 Å². The van der Waals surface area contributed by atoms with Crippen molar-refractivity contribution in [1.29, 1.82) is 0 Å². The molecule has 10 heteroatoms. The molecule has 1 aromatic carbocycles. The number of benzene rings is 1. The first-order valence-electron chi connectivity index (χ1n) is 15.5. The van der Waals surface area contributed by atoms with E-state index >= 15 is 0 Å². The van der Waals surface area contributed by atoms with Crippen molar-refractivity contribution in [1.82, 2.24) is 19.6 Å². The summed E-state index contributed by atoms with van der Waals surface area (Å²) >= 11 is 0. The number of carbonyl (C=O) groups excluding carboxylic acids is 3. The lowest BCUT2D eigenvalue weighted by atomic mass is 10.1. The van der Waals surface area contributed by atoms with Crippen LogP contribution in [0.1, 0.15) is 86.3 Å². The maximum atomic E-state index is 13.2. The zero-order valence-electron chi connectivity index (χ0n) is 28.3. The second-order valence-electron chi connectivity index (χ2n) is 14.4. The maximum absolute atomic E-state index is 13.2. The fraction of sp³-hybridized carbons (Fsp3) is 0.727. The molecule has 244 valence electrons. The average Bonchev–Trinajstić information content (AvgIpc) is 2.83. The second kappa shape index (κ2) is 15.6. The third-order valence-electron chi connectivity index (χ3n) is 6.57. The van der Waals surface area contributed by atoms with Crippen LogP contribution in [0.15, 0.2) is 24.3 Å². The SMILES string of the molecule is Cc1ccc(CN2CCCN(C(=O)OC(C)(C)C)CCN(C(=O)OC(C)(C)C)CCCN(C(=O)OC(C)(C)C)CC2)cc1. The fourth-order valence-electron chi connectivity index (χ4n) is 4.53. The predicted octanol–water partition coefficient (Wildman–Crippen LogP) is 6.30. The Morgan fingerprint density at radius 3 is 1.28 bits per heavy atom. The van der Waals surface area contributed by atoms with E-state index in [-0.39, 0.29) is 12.6 Å². The van der Waals surface area contributed by atoms with Gasteiger partial charge >= 0.3 is 18.3 Å². The second-order valence-corrected chi connectivity index (χ2v) is 14.4. The van der Waals surface area contributed by atoms with Crippen molar-refractivity contribution in [2.24, 2.45) is 0 Å². The Balaban J connectivity index is 2.32. The lowest BCUT2D eigenvalue weighted by Crippen LogP contribution is -2.47. The Bertz CT molecular complexity index is 1040. The van der Waals surface area contributed by atoms with Gasteiger partial charge in [-0.2, -0.15) is 0 Å². The van der Waals surface area contributed by atoms with Gasteiger partial charge in [0, 0.05) is 58.9 Å². The Hall–Kier alpha value is -3.01. The molecule has 0 radical (unpaired) electrons. The summed E-state index contributed by atoms with van der Waals surface area (Å²) in [5.74, 6) is 0. The van der Waals surface area contributed by atoms with Gasteiger partial charge in [0.1, 0.15) is 16.8 Å². The number of aryl methyl sites for hydroxylation is 1. The molecule has 0 aliphatic carbocycles. The number of ether oxygens (including phenoxy) is 3. The average molecular weight is 605 g/mol. The van der Waals surface area contributed by atoms with Crippen molar-refractivity contribution < 1.29 is 28.6 Å². The number of rotatable bonds is 2. The maximum Gasteiger partial charge on any atom is 0.410 e. The van der Waals surface area contributed by atoms with Gasteiger partial charge in [-0.25, -0.2) is 14.4 Å². The molecule has 0 N–H and O–H groups in total. The molecule has 43 heavy (non-hydrogen) atoms. The molecule has 0 unspecified atom stereocenters. The summed E-state index contributed by atoms with van der Waals surface area (Å²) in [7, 11) is 0. The summed E-state index contributed by atoms with van der Waals surface area (Å²) in [5, 5.41) is 0. The van der Waals surface area contributed by atoms with E-state index in [0.717, 1.165) is 6.54 Å². The van der Waals surface area contributed by atoms with E-state index in [1.54, 1.807) is 14.7 Å². The highest BCUT2D eigenvalue weighted by Crippen LogP contribution is 2.16. The van der Waals surface area contributed by atoms with E-state index < -0.39 is 29.0 Å². The Morgan fingerprint density at radius 2 is 0.907 bits per heavy atom. The molecule has 3 amide bonds. The number of hydrogen-bond donors (Lipinski definition) is 0. The summed E-state index contributed by atoms with van der Waals surface area (Å²) in [6, 6.07) is 8.47. The van der Waals surface area contributed by atoms with Gasteiger partial charge in [0.05, 0.1) is 0 Å². The number of nitrogens with zero attached hydrogens (tertiary/aromatic N) is 4. The van der Waals surface area contributed by atoms with Crippen molar-refractivity contribution in [2.45, 2.75) is 105 Å². The molecular weight excluding hydrogens is 548 g/mol. The molecular formula is C33H56N4O6. The third-order valence-corrected chi connectivity index (χ3v) is 6.57. The van der Waals surface area contributed by atoms with E-state index in [9.17, 15) is 14.4 Å². The summed E-state index contributed by atoms with van der Waals surface area (Å²) in [6.07, 6.45) is 0.0175. The quantitative estimate of drug-likeness (QED) is 0.366. The molecule has 2 rings (SSSR count). The topological polar surface area (TPSA) is 91.9 Å². The number of hydrogen-bond acceptors (Lipinski definition) is 7. The highest BCUT2D eigenvalue weighted by molar-refractivity contribution is 5.70. The lowest BCUT2D eigenvalue weighted by molar-refractivity contribution is 0.0101. The minimum Gasteiger partial charge on any atom is -0.444 e. The van der Waals surface area contributed by atoms with Crippen molar-refractivity contribution in [2.75, 3.05) is 52.4 Å². The van der Waals surface area contributed by atoms with E-state index in [2.05, 4.69) is 36.1 Å². The van der Waals surface area contributed by atoms with Crippen molar-refractivity contribution in [3.63, 3.8) is 0 Å². The molecule has 0 saturated carbocycles. The van der Waals surface area contributed by atoms with Crippen LogP contribution < -0.4 is 0 Å². The highest BCUT2D eigenvalue weighted by atomic mass is 16.6. The van der Waals surface area contributed by atoms with Crippen LogP contribution in [-0.2, 0) is 20.8 Å².